The molecule has 0 unspecified atom stereocenters. The van der Waals surface area contributed by atoms with Crippen molar-refractivity contribution in [2.45, 2.75) is 24.9 Å². The number of non-ortho nitro benzene ring substituents is 1. The first-order valence-corrected chi connectivity index (χ1v) is 5.90. The van der Waals surface area contributed by atoms with Crippen LogP contribution in [0.15, 0.2) is 28.8 Å². The number of aliphatic hydroxyl groups is 1. The molecule has 0 bridgehead atoms. The highest BCUT2D eigenvalue weighted by atomic mass is 16.6. The fourth-order valence-corrected chi connectivity index (χ4v) is 2.04. The summed E-state index contributed by atoms with van der Waals surface area (Å²) in [4.78, 5) is 14.3. The maximum atomic E-state index is 10.6. The number of nitro groups is 1. The molecule has 0 radical (unpaired) electrons. The summed E-state index contributed by atoms with van der Waals surface area (Å²) in [6.07, 6.45) is 1.00. The number of benzene rings is 1. The van der Waals surface area contributed by atoms with Gasteiger partial charge in [-0.1, -0.05) is 5.16 Å². The second kappa shape index (κ2) is 4.43. The summed E-state index contributed by atoms with van der Waals surface area (Å²) >= 11 is 0. The van der Waals surface area contributed by atoms with E-state index in [2.05, 4.69) is 10.1 Å². The maximum Gasteiger partial charge on any atom is 0.269 e. The summed E-state index contributed by atoms with van der Waals surface area (Å²) in [5.74, 6) is 1.04. The molecule has 1 saturated carbocycles. The van der Waals surface area contributed by atoms with E-state index in [1.807, 2.05) is 0 Å². The van der Waals surface area contributed by atoms with Crippen LogP contribution in [0.4, 0.5) is 5.69 Å². The Hall–Kier alpha value is -2.28. The van der Waals surface area contributed by atoms with Gasteiger partial charge in [-0.15, -0.1) is 0 Å². The van der Waals surface area contributed by atoms with Crippen molar-refractivity contribution in [2.24, 2.45) is 0 Å². The molecular weight excluding hydrogens is 250 g/mol. The van der Waals surface area contributed by atoms with Crippen LogP contribution in [-0.2, 0) is 0 Å². The Kier molecular flexibility index (Phi) is 2.75. The minimum atomic E-state index is -0.457. The van der Waals surface area contributed by atoms with Gasteiger partial charge in [-0.3, -0.25) is 10.1 Å². The number of nitro benzene ring substituents is 1. The maximum absolute atomic E-state index is 10.6. The lowest BCUT2D eigenvalue weighted by molar-refractivity contribution is -0.384. The molecule has 7 heteroatoms. The molecule has 1 aliphatic carbocycles. The first kappa shape index (κ1) is 11.8. The molecule has 0 spiro atoms. The summed E-state index contributed by atoms with van der Waals surface area (Å²) in [6.45, 7) is 0. The molecule has 0 saturated heterocycles. The lowest BCUT2D eigenvalue weighted by Gasteiger charge is -2.27. The lowest BCUT2D eigenvalue weighted by atomic mass is 9.82. The van der Waals surface area contributed by atoms with Crippen LogP contribution in [0.2, 0.25) is 0 Å². The van der Waals surface area contributed by atoms with Crippen LogP contribution in [0.3, 0.4) is 0 Å². The number of hydrogen-bond donors (Lipinski definition) is 1. The summed E-state index contributed by atoms with van der Waals surface area (Å²) in [5.41, 5.74) is 0.690. The van der Waals surface area contributed by atoms with Crippen molar-refractivity contribution in [2.75, 3.05) is 0 Å². The topological polar surface area (TPSA) is 102 Å². The largest absolute Gasteiger partial charge is 0.393 e. The number of rotatable bonds is 3. The molecule has 1 aliphatic rings. The zero-order valence-electron chi connectivity index (χ0n) is 9.89. The van der Waals surface area contributed by atoms with Gasteiger partial charge in [0.1, 0.15) is 0 Å². The van der Waals surface area contributed by atoms with Crippen molar-refractivity contribution < 1.29 is 14.6 Å². The van der Waals surface area contributed by atoms with E-state index < -0.39 is 4.92 Å². The Balaban J connectivity index is 1.80. The second-order valence-corrected chi connectivity index (χ2v) is 4.58. The Labute approximate surface area is 108 Å². The predicted octanol–water partition coefficient (Wildman–Crippen LogP) is 1.88. The van der Waals surface area contributed by atoms with Crippen molar-refractivity contribution in [1.29, 1.82) is 0 Å². The van der Waals surface area contributed by atoms with E-state index in [0.717, 1.165) is 0 Å². The molecule has 1 aromatic carbocycles. The molecule has 98 valence electrons. The average molecular weight is 261 g/mol. The summed E-state index contributed by atoms with van der Waals surface area (Å²) in [7, 11) is 0. The smallest absolute Gasteiger partial charge is 0.269 e. The molecule has 2 aromatic rings. The predicted molar refractivity (Wildman–Crippen MR) is 64.4 cm³/mol. The van der Waals surface area contributed by atoms with Gasteiger partial charge in [0, 0.05) is 23.6 Å². The van der Waals surface area contributed by atoms with Gasteiger partial charge in [-0.25, -0.2) is 0 Å². The van der Waals surface area contributed by atoms with Crippen molar-refractivity contribution in [3.8, 4) is 11.4 Å². The SMILES string of the molecule is O=[N+]([O-])c1ccc(-c2noc(C3CC(O)C3)n2)cc1. The first-order valence-electron chi connectivity index (χ1n) is 5.90. The molecule has 0 atom stereocenters. The van der Waals surface area contributed by atoms with Crippen LogP contribution in [0.25, 0.3) is 11.4 Å². The van der Waals surface area contributed by atoms with E-state index in [4.69, 9.17) is 4.52 Å². The fourth-order valence-electron chi connectivity index (χ4n) is 2.04. The molecule has 1 fully saturated rings. The Morgan fingerprint density at radius 1 is 1.32 bits per heavy atom. The minimum absolute atomic E-state index is 0.0228. The van der Waals surface area contributed by atoms with Crippen LogP contribution >= 0.6 is 0 Å². The molecule has 0 amide bonds. The van der Waals surface area contributed by atoms with Gasteiger partial charge in [0.05, 0.1) is 11.0 Å². The third kappa shape index (κ3) is 2.19. The zero-order chi connectivity index (χ0) is 13.4. The number of hydrogen-bond acceptors (Lipinski definition) is 6. The normalized spacial score (nSPS) is 21.9. The van der Waals surface area contributed by atoms with E-state index in [-0.39, 0.29) is 17.7 Å². The Morgan fingerprint density at radius 3 is 2.58 bits per heavy atom. The van der Waals surface area contributed by atoms with E-state index in [0.29, 0.717) is 30.1 Å². The van der Waals surface area contributed by atoms with Gasteiger partial charge in [0.15, 0.2) is 0 Å². The quantitative estimate of drug-likeness (QED) is 0.668. The van der Waals surface area contributed by atoms with Gasteiger partial charge >= 0.3 is 0 Å². The van der Waals surface area contributed by atoms with E-state index in [1.165, 1.54) is 12.1 Å². The molecule has 1 heterocycles. The molecule has 0 aliphatic heterocycles. The molecule has 1 aromatic heterocycles. The van der Waals surface area contributed by atoms with Crippen LogP contribution in [-0.4, -0.2) is 26.3 Å². The minimum Gasteiger partial charge on any atom is -0.393 e. The van der Waals surface area contributed by atoms with E-state index in [9.17, 15) is 15.2 Å². The highest BCUT2D eigenvalue weighted by Gasteiger charge is 2.33. The van der Waals surface area contributed by atoms with Gasteiger partial charge in [0.25, 0.3) is 5.69 Å². The van der Waals surface area contributed by atoms with E-state index >= 15 is 0 Å². The second-order valence-electron chi connectivity index (χ2n) is 4.58. The van der Waals surface area contributed by atoms with Crippen LogP contribution < -0.4 is 0 Å². The van der Waals surface area contributed by atoms with Crippen molar-refractivity contribution >= 4 is 5.69 Å². The molecule has 19 heavy (non-hydrogen) atoms. The standard InChI is InChI=1S/C12H11N3O4/c16-10-5-8(6-10)12-13-11(14-19-12)7-1-3-9(4-2-7)15(17)18/h1-4,8,10,16H,5-6H2. The number of aliphatic hydroxyl groups excluding tert-OH is 1. The fraction of sp³-hybridized carbons (Fsp3) is 0.333. The van der Waals surface area contributed by atoms with Crippen LogP contribution in [0, 0.1) is 10.1 Å². The van der Waals surface area contributed by atoms with Crippen molar-refractivity contribution in [3.05, 3.63) is 40.3 Å². The van der Waals surface area contributed by atoms with Gasteiger partial charge in [-0.2, -0.15) is 4.98 Å². The Morgan fingerprint density at radius 2 is 2.00 bits per heavy atom. The molecule has 1 N–H and O–H groups in total. The lowest BCUT2D eigenvalue weighted by Crippen LogP contribution is -2.26. The Bertz CT molecular complexity index is 602. The zero-order valence-corrected chi connectivity index (χ0v) is 9.89. The van der Waals surface area contributed by atoms with Crippen LogP contribution in [0.5, 0.6) is 0 Å². The van der Waals surface area contributed by atoms with Crippen molar-refractivity contribution in [3.63, 3.8) is 0 Å². The van der Waals surface area contributed by atoms with Gasteiger partial charge in [-0.05, 0) is 25.0 Å². The average Bonchev–Trinajstić information content (AvgIpc) is 2.84. The monoisotopic (exact) mass is 261 g/mol. The van der Waals surface area contributed by atoms with Crippen LogP contribution in [0.1, 0.15) is 24.7 Å². The van der Waals surface area contributed by atoms with Gasteiger partial charge < -0.3 is 9.63 Å². The van der Waals surface area contributed by atoms with Gasteiger partial charge in [0.2, 0.25) is 11.7 Å². The third-order valence-corrected chi connectivity index (χ3v) is 3.24. The molecular formula is C12H11N3O4. The molecule has 7 nitrogen and oxygen atoms in total. The highest BCUT2D eigenvalue weighted by molar-refractivity contribution is 5.56. The van der Waals surface area contributed by atoms with Crippen molar-refractivity contribution in [1.82, 2.24) is 10.1 Å². The summed E-state index contributed by atoms with van der Waals surface area (Å²) in [5, 5.41) is 23.6. The van der Waals surface area contributed by atoms with E-state index in [1.54, 1.807) is 12.1 Å². The number of aromatic nitrogens is 2. The first-order chi connectivity index (χ1) is 9.13. The summed E-state index contributed by atoms with van der Waals surface area (Å²) in [6, 6.07) is 5.97. The highest BCUT2D eigenvalue weighted by Crippen LogP contribution is 2.36. The molecule has 3 rings (SSSR count). The third-order valence-electron chi connectivity index (χ3n) is 3.24. The summed E-state index contributed by atoms with van der Waals surface area (Å²) < 4.78 is 5.14. The number of nitrogens with zero attached hydrogens (tertiary/aromatic N) is 3.